The second-order valence-electron chi connectivity index (χ2n) is 3.29. The molecule has 0 aliphatic rings. The summed E-state index contributed by atoms with van der Waals surface area (Å²) in [7, 11) is 0. The van der Waals surface area contributed by atoms with Crippen LogP contribution in [0.5, 0.6) is 0 Å². The summed E-state index contributed by atoms with van der Waals surface area (Å²) in [5.41, 5.74) is 1.38. The summed E-state index contributed by atoms with van der Waals surface area (Å²) in [6.45, 7) is 1.79. The van der Waals surface area contributed by atoms with Crippen LogP contribution in [0.4, 0.5) is 0 Å². The van der Waals surface area contributed by atoms with Crippen molar-refractivity contribution in [2.24, 2.45) is 0 Å². The lowest BCUT2D eigenvalue weighted by molar-refractivity contribution is 1.05. The SMILES string of the molecule is Cc1nc(-c2ccccc2Br)[nH]c(=O)c1Br. The molecule has 0 spiro atoms. The molecule has 0 saturated heterocycles. The highest BCUT2D eigenvalue weighted by Crippen LogP contribution is 2.25. The third-order valence-electron chi connectivity index (χ3n) is 2.16. The van der Waals surface area contributed by atoms with E-state index in [4.69, 9.17) is 0 Å². The fraction of sp³-hybridized carbons (Fsp3) is 0.0909. The quantitative estimate of drug-likeness (QED) is 0.863. The first-order valence-electron chi connectivity index (χ1n) is 4.61. The lowest BCUT2D eigenvalue weighted by Gasteiger charge is -2.05. The van der Waals surface area contributed by atoms with Gasteiger partial charge in [-0.25, -0.2) is 4.98 Å². The van der Waals surface area contributed by atoms with Crippen molar-refractivity contribution in [2.45, 2.75) is 6.92 Å². The highest BCUT2D eigenvalue weighted by atomic mass is 79.9. The third kappa shape index (κ3) is 2.10. The molecule has 0 aliphatic heterocycles. The van der Waals surface area contributed by atoms with Gasteiger partial charge >= 0.3 is 0 Å². The van der Waals surface area contributed by atoms with E-state index in [0.29, 0.717) is 16.0 Å². The van der Waals surface area contributed by atoms with Crippen molar-refractivity contribution < 1.29 is 0 Å². The Hall–Kier alpha value is -0.940. The molecule has 5 heteroatoms. The van der Waals surface area contributed by atoms with Crippen molar-refractivity contribution in [1.82, 2.24) is 9.97 Å². The van der Waals surface area contributed by atoms with E-state index in [1.54, 1.807) is 6.92 Å². The minimum atomic E-state index is -0.168. The fourth-order valence-electron chi connectivity index (χ4n) is 1.35. The molecule has 0 atom stereocenters. The molecule has 1 heterocycles. The Bertz CT molecular complexity index is 593. The van der Waals surface area contributed by atoms with Gasteiger partial charge in [0.05, 0.1) is 5.69 Å². The number of nitrogens with one attached hydrogen (secondary N) is 1. The molecular formula is C11H8Br2N2O. The maximum atomic E-state index is 11.6. The lowest BCUT2D eigenvalue weighted by atomic mass is 10.2. The molecule has 16 heavy (non-hydrogen) atoms. The van der Waals surface area contributed by atoms with Crippen LogP contribution in [0.1, 0.15) is 5.69 Å². The number of aromatic nitrogens is 2. The van der Waals surface area contributed by atoms with Gasteiger partial charge in [-0.05, 0) is 28.9 Å². The zero-order valence-electron chi connectivity index (χ0n) is 8.42. The summed E-state index contributed by atoms with van der Waals surface area (Å²) in [4.78, 5) is 18.6. The summed E-state index contributed by atoms with van der Waals surface area (Å²) in [5, 5.41) is 0. The molecule has 0 fully saturated rings. The van der Waals surface area contributed by atoms with Crippen molar-refractivity contribution >= 4 is 31.9 Å². The normalized spacial score (nSPS) is 10.4. The zero-order valence-corrected chi connectivity index (χ0v) is 11.6. The minimum absolute atomic E-state index is 0.168. The van der Waals surface area contributed by atoms with Gasteiger partial charge in [0.25, 0.3) is 5.56 Å². The molecule has 82 valence electrons. The molecule has 2 rings (SSSR count). The predicted molar refractivity (Wildman–Crippen MR) is 70.4 cm³/mol. The molecule has 1 N–H and O–H groups in total. The molecule has 0 amide bonds. The van der Waals surface area contributed by atoms with E-state index in [2.05, 4.69) is 41.8 Å². The molecule has 2 aromatic rings. The summed E-state index contributed by atoms with van der Waals surface area (Å²) < 4.78 is 1.38. The van der Waals surface area contributed by atoms with Crippen molar-refractivity contribution in [3.8, 4) is 11.4 Å². The Balaban J connectivity index is 2.67. The van der Waals surface area contributed by atoms with Gasteiger partial charge in [0.1, 0.15) is 10.3 Å². The van der Waals surface area contributed by atoms with Crippen LogP contribution < -0.4 is 5.56 Å². The topological polar surface area (TPSA) is 45.8 Å². The lowest BCUT2D eigenvalue weighted by Crippen LogP contribution is -2.11. The Morgan fingerprint density at radius 1 is 1.25 bits per heavy atom. The van der Waals surface area contributed by atoms with Crippen LogP contribution in [0.25, 0.3) is 11.4 Å². The van der Waals surface area contributed by atoms with Gasteiger partial charge in [-0.1, -0.05) is 34.1 Å². The smallest absolute Gasteiger partial charge is 0.265 e. The number of aromatic amines is 1. The minimum Gasteiger partial charge on any atom is -0.306 e. The van der Waals surface area contributed by atoms with E-state index in [-0.39, 0.29) is 5.56 Å². The molecule has 0 bridgehead atoms. The van der Waals surface area contributed by atoms with Gasteiger partial charge in [0, 0.05) is 10.0 Å². The standard InChI is InChI=1S/C11H8Br2N2O/c1-6-9(13)11(16)15-10(14-6)7-4-2-3-5-8(7)12/h2-5H,1H3,(H,14,15,16). The average Bonchev–Trinajstić information content (AvgIpc) is 2.26. The van der Waals surface area contributed by atoms with Crippen LogP contribution in [0.2, 0.25) is 0 Å². The third-order valence-corrected chi connectivity index (χ3v) is 3.78. The Kier molecular flexibility index (Phi) is 3.25. The van der Waals surface area contributed by atoms with E-state index in [0.717, 1.165) is 10.0 Å². The van der Waals surface area contributed by atoms with Gasteiger partial charge in [-0.15, -0.1) is 0 Å². The Morgan fingerprint density at radius 2 is 1.94 bits per heavy atom. The number of hydrogen-bond acceptors (Lipinski definition) is 2. The summed E-state index contributed by atoms with van der Waals surface area (Å²) in [6.07, 6.45) is 0. The largest absolute Gasteiger partial charge is 0.306 e. The predicted octanol–water partition coefficient (Wildman–Crippen LogP) is 3.27. The highest BCUT2D eigenvalue weighted by molar-refractivity contribution is 9.10. The van der Waals surface area contributed by atoms with Crippen LogP contribution in [0.3, 0.4) is 0 Å². The summed E-state index contributed by atoms with van der Waals surface area (Å²) in [6, 6.07) is 7.62. The monoisotopic (exact) mass is 342 g/mol. The number of H-pyrrole nitrogens is 1. The number of halogens is 2. The van der Waals surface area contributed by atoms with Crippen molar-refractivity contribution in [1.29, 1.82) is 0 Å². The molecule has 1 aromatic carbocycles. The van der Waals surface area contributed by atoms with E-state index in [9.17, 15) is 4.79 Å². The number of nitrogens with zero attached hydrogens (tertiary/aromatic N) is 1. The first-order chi connectivity index (χ1) is 7.59. The van der Waals surface area contributed by atoms with Crippen LogP contribution in [-0.2, 0) is 0 Å². The van der Waals surface area contributed by atoms with Crippen molar-refractivity contribution in [3.63, 3.8) is 0 Å². The van der Waals surface area contributed by atoms with Gasteiger partial charge in [-0.2, -0.15) is 0 Å². The second-order valence-corrected chi connectivity index (χ2v) is 4.94. The maximum absolute atomic E-state index is 11.6. The molecule has 0 radical (unpaired) electrons. The molecule has 0 saturated carbocycles. The zero-order chi connectivity index (χ0) is 11.7. The number of benzene rings is 1. The number of rotatable bonds is 1. The average molecular weight is 344 g/mol. The molecule has 0 unspecified atom stereocenters. The first-order valence-corrected chi connectivity index (χ1v) is 6.19. The van der Waals surface area contributed by atoms with E-state index >= 15 is 0 Å². The molecular weight excluding hydrogens is 336 g/mol. The number of aryl methyl sites for hydroxylation is 1. The van der Waals surface area contributed by atoms with E-state index < -0.39 is 0 Å². The van der Waals surface area contributed by atoms with Gasteiger partial charge in [-0.3, -0.25) is 4.79 Å². The van der Waals surface area contributed by atoms with Crippen LogP contribution in [0.15, 0.2) is 38.0 Å². The summed E-state index contributed by atoms with van der Waals surface area (Å²) >= 11 is 6.61. The summed E-state index contributed by atoms with van der Waals surface area (Å²) in [5.74, 6) is 0.568. The van der Waals surface area contributed by atoms with Gasteiger partial charge in [0.15, 0.2) is 0 Å². The van der Waals surface area contributed by atoms with E-state index in [1.807, 2.05) is 24.3 Å². The Labute approximate surface area is 109 Å². The van der Waals surface area contributed by atoms with Crippen LogP contribution >= 0.6 is 31.9 Å². The molecule has 1 aromatic heterocycles. The maximum Gasteiger partial charge on any atom is 0.265 e. The Morgan fingerprint density at radius 3 is 2.56 bits per heavy atom. The van der Waals surface area contributed by atoms with Crippen molar-refractivity contribution in [3.05, 3.63) is 49.3 Å². The van der Waals surface area contributed by atoms with Gasteiger partial charge in [0.2, 0.25) is 0 Å². The molecule has 3 nitrogen and oxygen atoms in total. The number of hydrogen-bond donors (Lipinski definition) is 1. The highest BCUT2D eigenvalue weighted by Gasteiger charge is 2.08. The van der Waals surface area contributed by atoms with E-state index in [1.165, 1.54) is 0 Å². The first kappa shape index (κ1) is 11.5. The van der Waals surface area contributed by atoms with Crippen LogP contribution in [-0.4, -0.2) is 9.97 Å². The molecule has 0 aliphatic carbocycles. The fourth-order valence-corrected chi connectivity index (χ4v) is 2.01. The van der Waals surface area contributed by atoms with Crippen LogP contribution in [0, 0.1) is 6.92 Å². The van der Waals surface area contributed by atoms with Gasteiger partial charge < -0.3 is 4.98 Å². The second kappa shape index (κ2) is 4.51. The van der Waals surface area contributed by atoms with Crippen molar-refractivity contribution in [2.75, 3.05) is 0 Å².